The van der Waals surface area contributed by atoms with Crippen LogP contribution in [0.15, 0.2) is 28.7 Å². The number of nitrogens with zero attached hydrogens (tertiary/aromatic N) is 1. The molecule has 1 aliphatic heterocycles. The molecule has 1 spiro atoms. The van der Waals surface area contributed by atoms with Gasteiger partial charge in [0, 0.05) is 9.89 Å². The molecule has 3 rings (SSSR count). The standard InChI is InChI=1S/C13H12BrNO/c14-11-3-1-10(2-4-11)13(7-15)5-12(6-13)8-16-9-12/h1-4H,5-6,8-9H2. The minimum Gasteiger partial charge on any atom is -0.380 e. The van der Waals surface area contributed by atoms with Crippen molar-refractivity contribution in [3.8, 4) is 6.07 Å². The van der Waals surface area contributed by atoms with E-state index in [2.05, 4.69) is 34.1 Å². The fourth-order valence-electron chi connectivity index (χ4n) is 2.94. The maximum absolute atomic E-state index is 9.41. The molecule has 2 aliphatic rings. The maximum Gasteiger partial charge on any atom is 0.0836 e. The molecule has 2 nitrogen and oxygen atoms in total. The highest BCUT2D eigenvalue weighted by Crippen LogP contribution is 2.58. The van der Waals surface area contributed by atoms with Gasteiger partial charge in [-0.2, -0.15) is 5.26 Å². The predicted molar refractivity (Wildman–Crippen MR) is 63.9 cm³/mol. The van der Waals surface area contributed by atoms with E-state index in [9.17, 15) is 5.26 Å². The van der Waals surface area contributed by atoms with Crippen molar-refractivity contribution in [3.05, 3.63) is 34.3 Å². The van der Waals surface area contributed by atoms with Gasteiger partial charge in [0.05, 0.1) is 24.7 Å². The van der Waals surface area contributed by atoms with E-state index in [-0.39, 0.29) is 5.41 Å². The number of rotatable bonds is 1. The van der Waals surface area contributed by atoms with Crippen LogP contribution in [0.5, 0.6) is 0 Å². The predicted octanol–water partition coefficient (Wildman–Crippen LogP) is 3.02. The highest BCUT2D eigenvalue weighted by molar-refractivity contribution is 9.10. The van der Waals surface area contributed by atoms with Crippen LogP contribution in [0.2, 0.25) is 0 Å². The Kier molecular flexibility index (Phi) is 2.14. The second-order valence-corrected chi connectivity index (χ2v) is 5.96. The van der Waals surface area contributed by atoms with Gasteiger partial charge in [-0.1, -0.05) is 28.1 Å². The molecule has 1 aromatic carbocycles. The van der Waals surface area contributed by atoms with E-state index < -0.39 is 0 Å². The molecule has 0 radical (unpaired) electrons. The van der Waals surface area contributed by atoms with Crippen molar-refractivity contribution in [3.63, 3.8) is 0 Å². The zero-order valence-corrected chi connectivity index (χ0v) is 10.5. The Morgan fingerprint density at radius 3 is 2.25 bits per heavy atom. The van der Waals surface area contributed by atoms with E-state index in [1.807, 2.05) is 12.1 Å². The number of halogens is 1. The van der Waals surface area contributed by atoms with Crippen molar-refractivity contribution >= 4 is 15.9 Å². The molecule has 3 heteroatoms. The molecule has 1 heterocycles. The zero-order chi connectivity index (χ0) is 11.2. The Morgan fingerprint density at radius 2 is 1.81 bits per heavy atom. The molecule has 0 bridgehead atoms. The lowest BCUT2D eigenvalue weighted by Crippen LogP contribution is -2.59. The summed E-state index contributed by atoms with van der Waals surface area (Å²) in [6, 6.07) is 10.6. The first-order valence-electron chi connectivity index (χ1n) is 5.43. The fraction of sp³-hybridized carbons (Fsp3) is 0.462. The van der Waals surface area contributed by atoms with Crippen LogP contribution in [-0.4, -0.2) is 13.2 Å². The monoisotopic (exact) mass is 277 g/mol. The highest BCUT2D eigenvalue weighted by Gasteiger charge is 2.59. The van der Waals surface area contributed by atoms with Crippen molar-refractivity contribution in [1.82, 2.24) is 0 Å². The lowest BCUT2D eigenvalue weighted by Gasteiger charge is -2.57. The van der Waals surface area contributed by atoms with Gasteiger partial charge in [0.25, 0.3) is 0 Å². The van der Waals surface area contributed by atoms with Gasteiger partial charge in [0.15, 0.2) is 0 Å². The molecule has 0 atom stereocenters. The third-order valence-electron chi connectivity index (χ3n) is 3.78. The second kappa shape index (κ2) is 3.32. The van der Waals surface area contributed by atoms with Crippen LogP contribution < -0.4 is 0 Å². The third-order valence-corrected chi connectivity index (χ3v) is 4.31. The number of hydrogen-bond acceptors (Lipinski definition) is 2. The van der Waals surface area contributed by atoms with Crippen LogP contribution in [0, 0.1) is 16.7 Å². The average molecular weight is 278 g/mol. The molecule has 0 unspecified atom stereocenters. The molecule has 0 amide bonds. The van der Waals surface area contributed by atoms with Crippen LogP contribution in [0.4, 0.5) is 0 Å². The summed E-state index contributed by atoms with van der Waals surface area (Å²) >= 11 is 3.42. The van der Waals surface area contributed by atoms with Crippen LogP contribution in [0.1, 0.15) is 18.4 Å². The van der Waals surface area contributed by atoms with Gasteiger partial charge in [-0.3, -0.25) is 0 Å². The van der Waals surface area contributed by atoms with E-state index >= 15 is 0 Å². The van der Waals surface area contributed by atoms with Crippen molar-refractivity contribution in [2.45, 2.75) is 18.3 Å². The molecule has 0 N–H and O–H groups in total. The first-order valence-corrected chi connectivity index (χ1v) is 6.23. The van der Waals surface area contributed by atoms with Crippen molar-refractivity contribution in [2.75, 3.05) is 13.2 Å². The van der Waals surface area contributed by atoms with Gasteiger partial charge < -0.3 is 4.74 Å². The molecule has 2 fully saturated rings. The van der Waals surface area contributed by atoms with Crippen molar-refractivity contribution in [2.24, 2.45) is 5.41 Å². The van der Waals surface area contributed by atoms with Crippen LogP contribution in [0.3, 0.4) is 0 Å². The summed E-state index contributed by atoms with van der Waals surface area (Å²) in [4.78, 5) is 0. The Morgan fingerprint density at radius 1 is 1.19 bits per heavy atom. The SMILES string of the molecule is N#CC1(c2ccc(Br)cc2)CC2(COC2)C1. The summed E-state index contributed by atoms with van der Waals surface area (Å²) in [7, 11) is 0. The van der Waals surface area contributed by atoms with Gasteiger partial charge in [-0.15, -0.1) is 0 Å². The summed E-state index contributed by atoms with van der Waals surface area (Å²) in [5.41, 5.74) is 1.21. The largest absolute Gasteiger partial charge is 0.380 e. The molecule has 0 aromatic heterocycles. The molecule has 1 aromatic rings. The zero-order valence-electron chi connectivity index (χ0n) is 8.87. The Balaban J connectivity index is 1.87. The van der Waals surface area contributed by atoms with Gasteiger partial charge in [-0.25, -0.2) is 0 Å². The molecule has 1 saturated heterocycles. The minimum absolute atomic E-state index is 0.259. The highest BCUT2D eigenvalue weighted by atomic mass is 79.9. The number of benzene rings is 1. The summed E-state index contributed by atoms with van der Waals surface area (Å²) in [5.74, 6) is 0. The van der Waals surface area contributed by atoms with E-state index in [4.69, 9.17) is 4.74 Å². The third kappa shape index (κ3) is 1.33. The minimum atomic E-state index is -0.259. The average Bonchev–Trinajstić information content (AvgIpc) is 2.17. The fourth-order valence-corrected chi connectivity index (χ4v) is 3.20. The second-order valence-electron chi connectivity index (χ2n) is 5.05. The summed E-state index contributed by atoms with van der Waals surface area (Å²) < 4.78 is 6.32. The number of ether oxygens (including phenoxy) is 1. The molecule has 82 valence electrons. The van der Waals surface area contributed by atoms with E-state index in [0.717, 1.165) is 36.1 Å². The quantitative estimate of drug-likeness (QED) is 0.791. The van der Waals surface area contributed by atoms with Crippen LogP contribution in [-0.2, 0) is 10.2 Å². The summed E-state index contributed by atoms with van der Waals surface area (Å²) in [6.07, 6.45) is 1.91. The van der Waals surface area contributed by atoms with Gasteiger partial charge in [-0.05, 0) is 30.5 Å². The van der Waals surface area contributed by atoms with E-state index in [1.54, 1.807) is 0 Å². The first kappa shape index (κ1) is 10.3. The van der Waals surface area contributed by atoms with E-state index in [0.29, 0.717) is 5.41 Å². The molecule has 1 saturated carbocycles. The Hall–Kier alpha value is -0.850. The molecular formula is C13H12BrNO. The molecular weight excluding hydrogens is 266 g/mol. The Labute approximate surface area is 103 Å². The summed E-state index contributed by atoms with van der Waals surface area (Å²) in [5, 5.41) is 9.41. The molecule has 1 aliphatic carbocycles. The topological polar surface area (TPSA) is 33.0 Å². The summed E-state index contributed by atoms with van der Waals surface area (Å²) in [6.45, 7) is 1.68. The maximum atomic E-state index is 9.41. The van der Waals surface area contributed by atoms with Crippen molar-refractivity contribution in [1.29, 1.82) is 5.26 Å². The first-order chi connectivity index (χ1) is 7.68. The van der Waals surface area contributed by atoms with Crippen molar-refractivity contribution < 1.29 is 4.74 Å². The van der Waals surface area contributed by atoms with Crippen LogP contribution >= 0.6 is 15.9 Å². The number of hydrogen-bond donors (Lipinski definition) is 0. The lowest BCUT2D eigenvalue weighted by molar-refractivity contribution is -0.178. The van der Waals surface area contributed by atoms with E-state index in [1.165, 1.54) is 0 Å². The lowest BCUT2D eigenvalue weighted by atomic mass is 9.50. The Bertz CT molecular complexity index is 448. The van der Waals surface area contributed by atoms with Gasteiger partial charge in [0.2, 0.25) is 0 Å². The van der Waals surface area contributed by atoms with Gasteiger partial charge >= 0.3 is 0 Å². The normalized spacial score (nSPS) is 24.2. The number of nitriles is 1. The smallest absolute Gasteiger partial charge is 0.0836 e. The van der Waals surface area contributed by atoms with Crippen LogP contribution in [0.25, 0.3) is 0 Å². The van der Waals surface area contributed by atoms with Gasteiger partial charge in [0.1, 0.15) is 0 Å². The molecule has 16 heavy (non-hydrogen) atoms.